The van der Waals surface area contributed by atoms with E-state index in [2.05, 4.69) is 24.1 Å². The number of thiazole rings is 1. The van der Waals surface area contributed by atoms with Gasteiger partial charge in [0.2, 0.25) is 0 Å². The molecule has 0 aliphatic carbocycles. The largest absolute Gasteiger partial charge is 0.304 e. The molecule has 0 aliphatic rings. The highest BCUT2D eigenvalue weighted by molar-refractivity contribution is 7.11. The van der Waals surface area contributed by atoms with Crippen LogP contribution in [0.25, 0.3) is 0 Å². The van der Waals surface area contributed by atoms with E-state index in [1.165, 1.54) is 4.88 Å². The fourth-order valence-electron chi connectivity index (χ4n) is 1.68. The van der Waals surface area contributed by atoms with E-state index < -0.39 is 0 Å². The highest BCUT2D eigenvalue weighted by Gasteiger charge is 2.10. The molecule has 0 spiro atoms. The summed E-state index contributed by atoms with van der Waals surface area (Å²) in [7, 11) is 0. The first-order valence-electron chi connectivity index (χ1n) is 6.12. The Labute approximate surface area is 117 Å². The number of hydrogen-bond donors (Lipinski definition) is 1. The molecule has 0 saturated heterocycles. The van der Waals surface area contributed by atoms with Gasteiger partial charge in [-0.25, -0.2) is 4.98 Å². The number of nitrogens with one attached hydrogen (secondary N) is 1. The lowest BCUT2D eigenvalue weighted by Gasteiger charge is -2.11. The molecule has 2 aromatic rings. The van der Waals surface area contributed by atoms with Crippen molar-refractivity contribution < 1.29 is 0 Å². The van der Waals surface area contributed by atoms with Crippen molar-refractivity contribution in [3.63, 3.8) is 0 Å². The first kappa shape index (κ1) is 13.5. The van der Waals surface area contributed by atoms with Gasteiger partial charge in [0.05, 0.1) is 6.04 Å². The van der Waals surface area contributed by atoms with Crippen LogP contribution in [-0.2, 0) is 13.0 Å². The predicted octanol–water partition coefficient (Wildman–Crippen LogP) is 4.21. The molecule has 0 saturated carbocycles. The summed E-state index contributed by atoms with van der Waals surface area (Å²) in [4.78, 5) is 5.77. The molecule has 1 heterocycles. The zero-order valence-electron chi connectivity index (χ0n) is 10.6. The van der Waals surface area contributed by atoms with Crippen LogP contribution in [0.3, 0.4) is 0 Å². The van der Waals surface area contributed by atoms with Crippen molar-refractivity contribution >= 4 is 22.9 Å². The molecule has 18 heavy (non-hydrogen) atoms. The second-order valence-electron chi connectivity index (χ2n) is 4.21. The van der Waals surface area contributed by atoms with Crippen molar-refractivity contribution in [1.82, 2.24) is 10.3 Å². The fourth-order valence-corrected chi connectivity index (χ4v) is 2.76. The molecule has 1 N–H and O–H groups in total. The second-order valence-corrected chi connectivity index (χ2v) is 5.77. The number of rotatable bonds is 5. The number of halogens is 1. The van der Waals surface area contributed by atoms with E-state index in [9.17, 15) is 0 Å². The van der Waals surface area contributed by atoms with E-state index in [-0.39, 0.29) is 6.04 Å². The number of aryl methyl sites for hydroxylation is 1. The zero-order chi connectivity index (χ0) is 13.0. The van der Waals surface area contributed by atoms with Crippen LogP contribution >= 0.6 is 22.9 Å². The van der Waals surface area contributed by atoms with Crippen LogP contribution in [0.5, 0.6) is 0 Å². The Morgan fingerprint density at radius 2 is 2.17 bits per heavy atom. The lowest BCUT2D eigenvalue weighted by Crippen LogP contribution is -2.18. The molecule has 96 valence electrons. The first-order chi connectivity index (χ1) is 8.70. The molecular formula is C14H17ClN2S. The summed E-state index contributed by atoms with van der Waals surface area (Å²) in [5, 5.41) is 5.41. The standard InChI is InChI=1S/C14H17ClN2S/c1-3-12-9-17-14(18-12)10(2)16-8-11-6-4-5-7-13(11)15/h4-7,9-10,16H,3,8H2,1-2H3. The van der Waals surface area contributed by atoms with Crippen molar-refractivity contribution in [3.05, 3.63) is 50.9 Å². The van der Waals surface area contributed by atoms with Crippen molar-refractivity contribution in [3.8, 4) is 0 Å². The summed E-state index contributed by atoms with van der Waals surface area (Å²) in [5.41, 5.74) is 1.12. The van der Waals surface area contributed by atoms with Gasteiger partial charge >= 0.3 is 0 Å². The van der Waals surface area contributed by atoms with Gasteiger partial charge in [-0.05, 0) is 25.0 Å². The maximum atomic E-state index is 6.13. The molecular weight excluding hydrogens is 264 g/mol. The number of hydrogen-bond acceptors (Lipinski definition) is 3. The monoisotopic (exact) mass is 280 g/mol. The third-order valence-corrected chi connectivity index (χ3v) is 4.54. The highest BCUT2D eigenvalue weighted by atomic mass is 35.5. The lowest BCUT2D eigenvalue weighted by atomic mass is 10.2. The Kier molecular flexibility index (Phi) is 4.75. The maximum absolute atomic E-state index is 6.13. The minimum atomic E-state index is 0.256. The summed E-state index contributed by atoms with van der Waals surface area (Å²) >= 11 is 7.90. The van der Waals surface area contributed by atoms with Gasteiger partial charge in [0.1, 0.15) is 5.01 Å². The average molecular weight is 281 g/mol. The van der Waals surface area contributed by atoms with Crippen LogP contribution in [0.1, 0.15) is 35.3 Å². The molecule has 1 atom stereocenters. The van der Waals surface area contributed by atoms with Crippen LogP contribution in [0.2, 0.25) is 5.02 Å². The van der Waals surface area contributed by atoms with Gasteiger partial charge in [-0.15, -0.1) is 11.3 Å². The molecule has 1 unspecified atom stereocenters. The van der Waals surface area contributed by atoms with Gasteiger partial charge < -0.3 is 5.32 Å². The van der Waals surface area contributed by atoms with Gasteiger partial charge in [0.25, 0.3) is 0 Å². The summed E-state index contributed by atoms with van der Waals surface area (Å²) in [5.74, 6) is 0. The minimum Gasteiger partial charge on any atom is -0.304 e. The summed E-state index contributed by atoms with van der Waals surface area (Å²) in [6.07, 6.45) is 3.02. The molecule has 0 amide bonds. The Morgan fingerprint density at radius 3 is 2.83 bits per heavy atom. The Morgan fingerprint density at radius 1 is 1.39 bits per heavy atom. The predicted molar refractivity (Wildman–Crippen MR) is 78.2 cm³/mol. The van der Waals surface area contributed by atoms with E-state index >= 15 is 0 Å². The molecule has 1 aromatic heterocycles. The molecule has 0 fully saturated rings. The van der Waals surface area contributed by atoms with E-state index in [0.29, 0.717) is 0 Å². The fraction of sp³-hybridized carbons (Fsp3) is 0.357. The first-order valence-corrected chi connectivity index (χ1v) is 7.31. The van der Waals surface area contributed by atoms with Gasteiger partial charge in [-0.2, -0.15) is 0 Å². The van der Waals surface area contributed by atoms with Crippen LogP contribution < -0.4 is 5.32 Å². The molecule has 2 nitrogen and oxygen atoms in total. The number of benzene rings is 1. The zero-order valence-corrected chi connectivity index (χ0v) is 12.2. The van der Waals surface area contributed by atoms with Gasteiger partial charge in [0, 0.05) is 22.6 Å². The quantitative estimate of drug-likeness (QED) is 0.887. The molecule has 4 heteroatoms. The topological polar surface area (TPSA) is 24.9 Å². The van der Waals surface area contributed by atoms with Crippen molar-refractivity contribution in [2.24, 2.45) is 0 Å². The highest BCUT2D eigenvalue weighted by Crippen LogP contribution is 2.21. The van der Waals surface area contributed by atoms with Gasteiger partial charge in [-0.1, -0.05) is 36.7 Å². The van der Waals surface area contributed by atoms with Gasteiger partial charge in [0.15, 0.2) is 0 Å². The van der Waals surface area contributed by atoms with E-state index in [1.54, 1.807) is 11.3 Å². The van der Waals surface area contributed by atoms with E-state index in [0.717, 1.165) is 28.6 Å². The molecule has 1 aromatic carbocycles. The Bertz CT molecular complexity index is 510. The number of nitrogens with zero attached hydrogens (tertiary/aromatic N) is 1. The summed E-state index contributed by atoms with van der Waals surface area (Å²) < 4.78 is 0. The van der Waals surface area contributed by atoms with Crippen LogP contribution in [-0.4, -0.2) is 4.98 Å². The normalized spacial score (nSPS) is 12.6. The molecule has 0 bridgehead atoms. The van der Waals surface area contributed by atoms with Crippen LogP contribution in [0.15, 0.2) is 30.5 Å². The van der Waals surface area contributed by atoms with Crippen LogP contribution in [0, 0.1) is 0 Å². The van der Waals surface area contributed by atoms with Crippen molar-refractivity contribution in [2.75, 3.05) is 0 Å². The number of aromatic nitrogens is 1. The van der Waals surface area contributed by atoms with E-state index in [4.69, 9.17) is 11.6 Å². The average Bonchev–Trinajstić information content (AvgIpc) is 2.86. The third-order valence-electron chi connectivity index (χ3n) is 2.85. The second kappa shape index (κ2) is 6.32. The summed E-state index contributed by atoms with van der Waals surface area (Å²) in [6, 6.07) is 8.17. The SMILES string of the molecule is CCc1cnc(C(C)NCc2ccccc2Cl)s1. The smallest absolute Gasteiger partial charge is 0.109 e. The molecule has 2 rings (SSSR count). The lowest BCUT2D eigenvalue weighted by molar-refractivity contribution is 0.572. The minimum absolute atomic E-state index is 0.256. The van der Waals surface area contributed by atoms with Crippen molar-refractivity contribution in [1.29, 1.82) is 0 Å². The molecule has 0 radical (unpaired) electrons. The van der Waals surface area contributed by atoms with E-state index in [1.807, 2.05) is 30.5 Å². The Balaban J connectivity index is 1.96. The van der Waals surface area contributed by atoms with Gasteiger partial charge in [-0.3, -0.25) is 0 Å². The Hall–Kier alpha value is -0.900. The third kappa shape index (κ3) is 3.31. The molecule has 0 aliphatic heterocycles. The van der Waals surface area contributed by atoms with Crippen molar-refractivity contribution in [2.45, 2.75) is 32.9 Å². The maximum Gasteiger partial charge on any atom is 0.109 e. The van der Waals surface area contributed by atoms with Crippen LogP contribution in [0.4, 0.5) is 0 Å². The summed E-state index contributed by atoms with van der Waals surface area (Å²) in [6.45, 7) is 5.05.